The molecule has 2 aromatic rings. The van der Waals surface area contributed by atoms with Gasteiger partial charge < -0.3 is 10.6 Å². The van der Waals surface area contributed by atoms with Gasteiger partial charge in [0.25, 0.3) is 0 Å². The molecule has 0 heterocycles. The van der Waals surface area contributed by atoms with Gasteiger partial charge in [-0.15, -0.1) is 24.0 Å². The zero-order valence-electron chi connectivity index (χ0n) is 18.8. The Morgan fingerprint density at radius 2 is 1.55 bits per heavy atom. The number of guanidine groups is 1. The molecule has 0 atom stereocenters. The van der Waals surface area contributed by atoms with Crippen LogP contribution < -0.4 is 15.4 Å². The maximum absolute atomic E-state index is 12.1. The number of rotatable bonds is 10. The van der Waals surface area contributed by atoms with Crippen LogP contribution in [-0.2, 0) is 35.3 Å². The van der Waals surface area contributed by atoms with Crippen LogP contribution in [0.1, 0.15) is 49.9 Å². The molecular formula is C23H35IN4O2S. The number of aryl methyl sites for hydroxylation is 1. The lowest BCUT2D eigenvalue weighted by Crippen LogP contribution is -2.37. The van der Waals surface area contributed by atoms with E-state index in [4.69, 9.17) is 0 Å². The van der Waals surface area contributed by atoms with Crippen LogP contribution in [0.25, 0.3) is 0 Å². The summed E-state index contributed by atoms with van der Waals surface area (Å²) < 4.78 is 26.7. The molecule has 0 bridgehead atoms. The first kappa shape index (κ1) is 27.4. The van der Waals surface area contributed by atoms with E-state index in [-0.39, 0.29) is 35.8 Å². The van der Waals surface area contributed by atoms with Gasteiger partial charge in [0.05, 0.1) is 12.3 Å². The molecule has 0 aliphatic rings. The fraction of sp³-hybridized carbons (Fsp3) is 0.435. The Morgan fingerprint density at radius 3 is 2.13 bits per heavy atom. The van der Waals surface area contributed by atoms with Gasteiger partial charge in [-0.1, -0.05) is 55.5 Å². The van der Waals surface area contributed by atoms with E-state index in [9.17, 15) is 8.42 Å². The number of nitrogens with zero attached hydrogens (tertiary/aromatic N) is 1. The van der Waals surface area contributed by atoms with Gasteiger partial charge in [-0.05, 0) is 49.4 Å². The van der Waals surface area contributed by atoms with Gasteiger partial charge in [0.15, 0.2) is 5.96 Å². The average molecular weight is 559 g/mol. The Hall–Kier alpha value is -1.65. The van der Waals surface area contributed by atoms with Crippen LogP contribution in [-0.4, -0.2) is 27.0 Å². The molecule has 2 aromatic carbocycles. The van der Waals surface area contributed by atoms with Gasteiger partial charge in [0.1, 0.15) is 0 Å². The second kappa shape index (κ2) is 13.7. The van der Waals surface area contributed by atoms with E-state index >= 15 is 0 Å². The number of aliphatic imine (C=N–C) groups is 1. The zero-order valence-corrected chi connectivity index (χ0v) is 22.0. The van der Waals surface area contributed by atoms with E-state index in [1.807, 2.05) is 45.0 Å². The summed E-state index contributed by atoms with van der Waals surface area (Å²) in [7, 11) is -3.32. The van der Waals surface area contributed by atoms with Gasteiger partial charge in [-0.25, -0.2) is 18.1 Å². The monoisotopic (exact) mass is 558 g/mol. The predicted octanol–water partition coefficient (Wildman–Crippen LogP) is 3.95. The van der Waals surface area contributed by atoms with E-state index in [1.54, 1.807) is 0 Å². The summed E-state index contributed by atoms with van der Waals surface area (Å²) in [6.45, 7) is 9.84. The summed E-state index contributed by atoms with van der Waals surface area (Å²) in [4.78, 5) is 4.66. The molecule has 0 fully saturated rings. The van der Waals surface area contributed by atoms with Gasteiger partial charge in [0.2, 0.25) is 10.0 Å². The summed E-state index contributed by atoms with van der Waals surface area (Å²) in [6.07, 6.45) is 1.00. The van der Waals surface area contributed by atoms with Crippen molar-refractivity contribution in [1.29, 1.82) is 0 Å². The smallest absolute Gasteiger partial charge is 0.216 e. The molecule has 0 spiro atoms. The van der Waals surface area contributed by atoms with E-state index in [0.29, 0.717) is 6.54 Å². The Kier molecular flexibility index (Phi) is 12.1. The van der Waals surface area contributed by atoms with Crippen molar-refractivity contribution in [2.75, 3.05) is 6.54 Å². The zero-order chi connectivity index (χ0) is 22.0. The lowest BCUT2D eigenvalue weighted by atomic mass is 10.1. The maximum atomic E-state index is 12.1. The second-order valence-electron chi connectivity index (χ2n) is 7.52. The Balaban J connectivity index is 0.00000480. The minimum Gasteiger partial charge on any atom is -0.357 e. The molecule has 0 unspecified atom stereocenters. The van der Waals surface area contributed by atoms with Gasteiger partial charge in [0, 0.05) is 19.1 Å². The quantitative estimate of drug-likeness (QED) is 0.234. The Labute approximate surface area is 204 Å². The molecule has 0 aliphatic heterocycles. The SMILES string of the molecule is CCNC(=NCc1ccc(CS(=O)(=O)NC(C)C)cc1)NCc1ccccc1CC.I. The Morgan fingerprint density at radius 1 is 0.935 bits per heavy atom. The van der Waals surface area contributed by atoms with Gasteiger partial charge in [-0.3, -0.25) is 0 Å². The molecule has 172 valence electrons. The highest BCUT2D eigenvalue weighted by molar-refractivity contribution is 14.0. The normalized spacial score (nSPS) is 11.8. The molecule has 2 rings (SSSR count). The third kappa shape index (κ3) is 10.0. The molecule has 0 aliphatic carbocycles. The number of sulfonamides is 1. The van der Waals surface area contributed by atoms with Crippen molar-refractivity contribution in [2.45, 2.75) is 59.0 Å². The van der Waals surface area contributed by atoms with Crippen molar-refractivity contribution in [3.63, 3.8) is 0 Å². The van der Waals surface area contributed by atoms with Crippen molar-refractivity contribution < 1.29 is 8.42 Å². The summed E-state index contributed by atoms with van der Waals surface area (Å²) in [6, 6.07) is 15.9. The van der Waals surface area contributed by atoms with Crippen LogP contribution in [0.2, 0.25) is 0 Å². The molecule has 6 nitrogen and oxygen atoms in total. The van der Waals surface area contributed by atoms with Crippen LogP contribution in [0.5, 0.6) is 0 Å². The average Bonchev–Trinajstić information content (AvgIpc) is 2.70. The molecule has 0 aromatic heterocycles. The number of hydrogen-bond donors (Lipinski definition) is 3. The molecule has 31 heavy (non-hydrogen) atoms. The number of hydrogen-bond acceptors (Lipinski definition) is 3. The van der Waals surface area contributed by atoms with E-state index in [1.165, 1.54) is 11.1 Å². The lowest BCUT2D eigenvalue weighted by molar-refractivity contribution is 0.569. The number of benzene rings is 2. The van der Waals surface area contributed by atoms with Crippen molar-refractivity contribution in [2.24, 2.45) is 4.99 Å². The second-order valence-corrected chi connectivity index (χ2v) is 9.27. The first-order valence-electron chi connectivity index (χ1n) is 10.5. The first-order valence-corrected chi connectivity index (χ1v) is 12.1. The third-order valence-corrected chi connectivity index (χ3v) is 6.05. The van der Waals surface area contributed by atoms with Gasteiger partial charge in [-0.2, -0.15) is 0 Å². The van der Waals surface area contributed by atoms with Crippen molar-refractivity contribution in [3.8, 4) is 0 Å². The van der Waals surface area contributed by atoms with Crippen LogP contribution in [0.4, 0.5) is 0 Å². The molecular weight excluding hydrogens is 523 g/mol. The fourth-order valence-electron chi connectivity index (χ4n) is 3.13. The van der Waals surface area contributed by atoms with Crippen molar-refractivity contribution in [1.82, 2.24) is 15.4 Å². The molecule has 0 radical (unpaired) electrons. The summed E-state index contributed by atoms with van der Waals surface area (Å²) >= 11 is 0. The number of halogens is 1. The summed E-state index contributed by atoms with van der Waals surface area (Å²) in [5.74, 6) is 0.742. The summed E-state index contributed by atoms with van der Waals surface area (Å²) in [5.41, 5.74) is 4.39. The van der Waals surface area contributed by atoms with E-state index in [0.717, 1.165) is 36.6 Å². The highest BCUT2D eigenvalue weighted by atomic mass is 127. The first-order chi connectivity index (χ1) is 14.3. The highest BCUT2D eigenvalue weighted by Gasteiger charge is 2.12. The fourth-order valence-corrected chi connectivity index (χ4v) is 4.56. The molecule has 0 saturated heterocycles. The molecule has 8 heteroatoms. The minimum atomic E-state index is -3.32. The molecule has 3 N–H and O–H groups in total. The van der Waals surface area contributed by atoms with E-state index < -0.39 is 10.0 Å². The highest BCUT2D eigenvalue weighted by Crippen LogP contribution is 2.10. The lowest BCUT2D eigenvalue weighted by Gasteiger charge is -2.13. The Bertz CT molecular complexity index is 929. The largest absolute Gasteiger partial charge is 0.357 e. The van der Waals surface area contributed by atoms with Crippen LogP contribution in [0.15, 0.2) is 53.5 Å². The summed E-state index contributed by atoms with van der Waals surface area (Å²) in [5, 5.41) is 6.67. The molecule has 0 saturated carbocycles. The van der Waals surface area contributed by atoms with Crippen LogP contribution in [0.3, 0.4) is 0 Å². The van der Waals surface area contributed by atoms with Gasteiger partial charge >= 0.3 is 0 Å². The molecule has 0 amide bonds. The number of nitrogens with one attached hydrogen (secondary N) is 3. The predicted molar refractivity (Wildman–Crippen MR) is 140 cm³/mol. The van der Waals surface area contributed by atoms with Crippen LogP contribution in [0, 0.1) is 0 Å². The standard InChI is InChI=1S/C23H34N4O2S.HI/c1-5-21-9-7-8-10-22(21)16-26-23(24-6-2)25-15-19-11-13-20(14-12-19)17-30(28,29)27-18(3)4;/h7-14,18,27H,5-6,15-17H2,1-4H3,(H2,24,25,26);1H. The topological polar surface area (TPSA) is 82.6 Å². The van der Waals surface area contributed by atoms with Crippen molar-refractivity contribution in [3.05, 3.63) is 70.8 Å². The maximum Gasteiger partial charge on any atom is 0.216 e. The van der Waals surface area contributed by atoms with Crippen molar-refractivity contribution >= 4 is 40.0 Å². The van der Waals surface area contributed by atoms with Crippen LogP contribution >= 0.6 is 24.0 Å². The van der Waals surface area contributed by atoms with E-state index in [2.05, 4.69) is 51.5 Å². The third-order valence-electron chi connectivity index (χ3n) is 4.50. The minimum absolute atomic E-state index is 0.